The average Bonchev–Trinajstić information content (AvgIpc) is 3.24. The van der Waals surface area contributed by atoms with Crippen molar-refractivity contribution in [3.63, 3.8) is 0 Å². The number of hydrogen-bond donors (Lipinski definition) is 3. The lowest BCUT2D eigenvalue weighted by atomic mass is 10.0. The van der Waals surface area contributed by atoms with Crippen molar-refractivity contribution >= 4 is 11.9 Å². The minimum atomic E-state index is -0.806. The predicted octanol–water partition coefficient (Wildman–Crippen LogP) is 15.2. The average molecular weight is 840 g/mol. The molecule has 0 rings (SSSR count). The van der Waals surface area contributed by atoms with E-state index in [1.807, 2.05) is 48.6 Å². The van der Waals surface area contributed by atoms with Crippen molar-refractivity contribution in [2.45, 2.75) is 264 Å². The second kappa shape index (κ2) is 47.6. The van der Waals surface area contributed by atoms with E-state index in [9.17, 15) is 19.8 Å². The molecule has 0 aliphatic rings. The molecular weight excluding hydrogens is 743 g/mol. The van der Waals surface area contributed by atoms with Crippen molar-refractivity contribution in [3.05, 3.63) is 60.8 Å². The maximum absolute atomic E-state index is 13.2. The number of hydrogen-bond acceptors (Lipinski definition) is 5. The highest BCUT2D eigenvalue weighted by molar-refractivity contribution is 5.77. The van der Waals surface area contributed by atoms with Gasteiger partial charge in [-0.3, -0.25) is 9.59 Å². The number of rotatable bonds is 45. The van der Waals surface area contributed by atoms with Gasteiger partial charge in [0.25, 0.3) is 0 Å². The van der Waals surface area contributed by atoms with Crippen LogP contribution in [0.1, 0.15) is 245 Å². The summed E-state index contributed by atoms with van der Waals surface area (Å²) >= 11 is 0. The number of amides is 1. The third-order valence-corrected chi connectivity index (χ3v) is 11.5. The molecule has 0 saturated carbocycles. The normalized spacial score (nSPS) is 13.8. The van der Waals surface area contributed by atoms with Crippen molar-refractivity contribution in [1.29, 1.82) is 0 Å². The molecule has 0 aromatic rings. The fourth-order valence-corrected chi connectivity index (χ4v) is 7.63. The molecule has 0 spiro atoms. The summed E-state index contributed by atoms with van der Waals surface area (Å²) in [7, 11) is 0. The van der Waals surface area contributed by atoms with E-state index >= 15 is 0 Å². The number of ether oxygens (including phenoxy) is 1. The molecule has 3 unspecified atom stereocenters. The van der Waals surface area contributed by atoms with Gasteiger partial charge in [-0.1, -0.05) is 255 Å². The van der Waals surface area contributed by atoms with Gasteiger partial charge in [0.05, 0.1) is 25.2 Å². The maximum Gasteiger partial charge on any atom is 0.306 e. The summed E-state index contributed by atoms with van der Waals surface area (Å²) in [6.45, 7) is 6.32. The van der Waals surface area contributed by atoms with Crippen LogP contribution in [0.3, 0.4) is 0 Å². The molecule has 0 radical (unpaired) electrons. The Bertz CT molecular complexity index is 1080. The van der Waals surface area contributed by atoms with Crippen LogP contribution in [-0.4, -0.2) is 46.9 Å². The lowest BCUT2D eigenvalue weighted by Gasteiger charge is -2.24. The first-order valence-corrected chi connectivity index (χ1v) is 25.6. The molecular formula is C54H97NO5. The molecule has 3 N–H and O–H groups in total. The van der Waals surface area contributed by atoms with E-state index in [-0.39, 0.29) is 24.9 Å². The van der Waals surface area contributed by atoms with Gasteiger partial charge in [0, 0.05) is 6.42 Å². The molecule has 0 aliphatic heterocycles. The molecule has 60 heavy (non-hydrogen) atoms. The Balaban J connectivity index is 4.65. The zero-order valence-corrected chi connectivity index (χ0v) is 39.6. The summed E-state index contributed by atoms with van der Waals surface area (Å²) < 4.78 is 5.89. The highest BCUT2D eigenvalue weighted by Gasteiger charge is 2.24. The number of esters is 1. The highest BCUT2D eigenvalue weighted by atomic mass is 16.5. The number of aliphatic hydroxyl groups excluding tert-OH is 2. The van der Waals surface area contributed by atoms with Crippen LogP contribution in [0.15, 0.2) is 60.8 Å². The largest absolute Gasteiger partial charge is 0.462 e. The molecule has 0 aromatic carbocycles. The summed E-state index contributed by atoms with van der Waals surface area (Å²) in [5, 5.41) is 23.7. The molecule has 6 nitrogen and oxygen atoms in total. The second-order valence-corrected chi connectivity index (χ2v) is 17.3. The molecule has 3 atom stereocenters. The Kier molecular flexibility index (Phi) is 45.7. The zero-order chi connectivity index (χ0) is 43.8. The third-order valence-electron chi connectivity index (χ3n) is 11.5. The van der Waals surface area contributed by atoms with E-state index in [2.05, 4.69) is 38.2 Å². The Morgan fingerprint density at radius 2 is 0.900 bits per heavy atom. The van der Waals surface area contributed by atoms with Gasteiger partial charge < -0.3 is 20.3 Å². The van der Waals surface area contributed by atoms with E-state index in [0.29, 0.717) is 19.3 Å². The molecule has 0 fully saturated rings. The molecule has 0 heterocycles. The van der Waals surface area contributed by atoms with Gasteiger partial charge >= 0.3 is 5.97 Å². The number of aliphatic hydroxyl groups is 2. The van der Waals surface area contributed by atoms with Crippen molar-refractivity contribution in [1.82, 2.24) is 5.32 Å². The van der Waals surface area contributed by atoms with Crippen molar-refractivity contribution in [3.8, 4) is 0 Å². The number of carbonyl (C=O) groups is 2. The number of unbranched alkanes of at least 4 members (excludes halogenated alkanes) is 27. The van der Waals surface area contributed by atoms with Gasteiger partial charge in [-0.2, -0.15) is 0 Å². The zero-order valence-electron chi connectivity index (χ0n) is 39.6. The Hall–Kier alpha value is -2.44. The van der Waals surface area contributed by atoms with Gasteiger partial charge in [-0.05, 0) is 38.5 Å². The van der Waals surface area contributed by atoms with E-state index in [1.165, 1.54) is 141 Å². The van der Waals surface area contributed by atoms with Crippen LogP contribution >= 0.6 is 0 Å². The summed E-state index contributed by atoms with van der Waals surface area (Å²) in [6.07, 6.45) is 58.6. The fraction of sp³-hybridized carbons (Fsp3) is 0.778. The first-order chi connectivity index (χ1) is 29.5. The lowest BCUT2D eigenvalue weighted by Crippen LogP contribution is -2.46. The molecule has 0 saturated heterocycles. The number of allylic oxidation sites excluding steroid dienone is 10. The minimum Gasteiger partial charge on any atom is -0.462 e. The Morgan fingerprint density at radius 3 is 1.33 bits per heavy atom. The lowest BCUT2D eigenvalue weighted by molar-refractivity contribution is -0.151. The van der Waals surface area contributed by atoms with Crippen LogP contribution < -0.4 is 5.32 Å². The van der Waals surface area contributed by atoms with Gasteiger partial charge in [0.15, 0.2) is 0 Å². The van der Waals surface area contributed by atoms with Crippen LogP contribution in [0.2, 0.25) is 0 Å². The van der Waals surface area contributed by atoms with E-state index in [1.54, 1.807) is 0 Å². The summed E-state index contributed by atoms with van der Waals surface area (Å²) in [4.78, 5) is 26.1. The van der Waals surface area contributed by atoms with Crippen molar-refractivity contribution < 1.29 is 24.5 Å². The molecule has 6 heteroatoms. The van der Waals surface area contributed by atoms with Crippen LogP contribution in [0.5, 0.6) is 0 Å². The number of carbonyl (C=O) groups excluding carboxylic acids is 2. The fourth-order valence-electron chi connectivity index (χ4n) is 7.63. The molecule has 0 bridgehead atoms. The van der Waals surface area contributed by atoms with Crippen molar-refractivity contribution in [2.24, 2.45) is 0 Å². The predicted molar refractivity (Wildman–Crippen MR) is 259 cm³/mol. The molecule has 0 aromatic heterocycles. The Morgan fingerprint density at radius 1 is 0.500 bits per heavy atom. The minimum absolute atomic E-state index is 0.0297. The first-order valence-electron chi connectivity index (χ1n) is 25.6. The summed E-state index contributed by atoms with van der Waals surface area (Å²) in [6, 6.07) is -0.724. The number of nitrogens with one attached hydrogen (secondary N) is 1. The third kappa shape index (κ3) is 42.3. The summed E-state index contributed by atoms with van der Waals surface area (Å²) in [5.74, 6) is -0.541. The van der Waals surface area contributed by atoms with Crippen LogP contribution in [0.4, 0.5) is 0 Å². The van der Waals surface area contributed by atoms with Gasteiger partial charge in [0.1, 0.15) is 6.10 Å². The first kappa shape index (κ1) is 57.6. The van der Waals surface area contributed by atoms with E-state index < -0.39 is 18.2 Å². The molecule has 1 amide bonds. The molecule has 0 aliphatic carbocycles. The summed E-state index contributed by atoms with van der Waals surface area (Å²) in [5.41, 5.74) is 0. The second-order valence-electron chi connectivity index (χ2n) is 17.3. The van der Waals surface area contributed by atoms with E-state index in [4.69, 9.17) is 4.74 Å². The monoisotopic (exact) mass is 840 g/mol. The van der Waals surface area contributed by atoms with Gasteiger partial charge in [0.2, 0.25) is 5.91 Å². The highest BCUT2D eigenvalue weighted by Crippen LogP contribution is 2.17. The van der Waals surface area contributed by atoms with Gasteiger partial charge in [-0.15, -0.1) is 0 Å². The van der Waals surface area contributed by atoms with Crippen LogP contribution in [0, 0.1) is 0 Å². The smallest absolute Gasteiger partial charge is 0.306 e. The van der Waals surface area contributed by atoms with Crippen LogP contribution in [0.25, 0.3) is 0 Å². The molecule has 348 valence electrons. The van der Waals surface area contributed by atoms with Crippen LogP contribution in [-0.2, 0) is 14.3 Å². The SMILES string of the molecule is CC/C=C/C=C/C=C\C=C/C=C/CCCC(CC(=O)NC(CO)C(O)CCCCCCCCCCCCCCC)OC(=O)CCCCCCCCCCCCCCCCC. The van der Waals surface area contributed by atoms with Crippen molar-refractivity contribution in [2.75, 3.05) is 6.61 Å². The van der Waals surface area contributed by atoms with Gasteiger partial charge in [-0.25, -0.2) is 0 Å². The van der Waals surface area contributed by atoms with E-state index in [0.717, 1.165) is 57.8 Å². The Labute approximate surface area is 371 Å². The standard InChI is InChI=1S/C54H97NO5/c1-4-7-10-13-16-19-22-25-26-29-32-35-38-41-44-47-54(59)60-50(45-42-39-36-33-30-27-23-20-17-14-11-8-5-2)48-53(58)55-51(49-56)52(57)46-43-40-37-34-31-28-24-21-18-15-12-9-6-3/h8,11,14,17,20,23,27,30,33,36,50-52,56-57H,4-7,9-10,12-13,15-16,18-19,21-22,24-26,28-29,31-32,34-35,37-49H2,1-3H3,(H,55,58)/b11-8+,17-14+,23-20-,30-27-,36-33+. The maximum atomic E-state index is 13.2. The quantitative estimate of drug-likeness (QED) is 0.0322. The topological polar surface area (TPSA) is 95.9 Å².